The third-order valence-corrected chi connectivity index (χ3v) is 7.69. The van der Waals surface area contributed by atoms with Gasteiger partial charge in [0.05, 0.1) is 29.9 Å². The predicted octanol–water partition coefficient (Wildman–Crippen LogP) is 3.85. The Kier molecular flexibility index (Phi) is 10.6. The molecule has 8 nitrogen and oxygen atoms in total. The minimum absolute atomic E-state index is 0.0951. The first-order valence-corrected chi connectivity index (χ1v) is 14.1. The molecule has 0 spiro atoms. The molecule has 2 aromatic rings. The zero-order chi connectivity index (χ0) is 30.4. The Bertz CT molecular complexity index is 1270. The first kappa shape index (κ1) is 31.9. The van der Waals surface area contributed by atoms with Crippen LogP contribution in [0.1, 0.15) is 29.3 Å². The van der Waals surface area contributed by atoms with Gasteiger partial charge in [-0.3, -0.25) is 19.4 Å². The first-order chi connectivity index (χ1) is 19.9. The van der Waals surface area contributed by atoms with Crippen LogP contribution in [0.25, 0.3) is 0 Å². The highest BCUT2D eigenvalue weighted by Crippen LogP contribution is 2.32. The molecule has 0 aliphatic carbocycles. The second kappa shape index (κ2) is 14.0. The van der Waals surface area contributed by atoms with E-state index in [4.69, 9.17) is 11.6 Å². The molecule has 0 aromatic heterocycles. The van der Waals surface area contributed by atoms with Crippen molar-refractivity contribution in [2.75, 3.05) is 69.1 Å². The van der Waals surface area contributed by atoms with Crippen molar-refractivity contribution in [2.45, 2.75) is 32.1 Å². The number of carbonyl (C=O) groups excluding carboxylic acids is 2. The molecule has 2 heterocycles. The average molecular weight is 617 g/mol. The van der Waals surface area contributed by atoms with Gasteiger partial charge < -0.3 is 20.9 Å². The highest BCUT2D eigenvalue weighted by atomic mass is 35.5. The van der Waals surface area contributed by atoms with Crippen LogP contribution in [0.4, 0.5) is 33.3 Å². The van der Waals surface area contributed by atoms with Gasteiger partial charge in [-0.15, -0.1) is 0 Å². The standard InChI is InChI=1S/C28H34ClF5N6O2/c1-18-16-40(13-12-39(18)9-6-28(32,33)34)23-14-20(29)3-5-22(23)37-27(42)21-4-2-19(25(30)26(21)31)15-36-24(41)17-38-10-7-35-8-11-38/h2-5,14,18,35H,6-13,15-17H2,1H3,(H,36,41)(H,37,42)/t18-/m0/s1. The lowest BCUT2D eigenvalue weighted by Crippen LogP contribution is -2.52. The summed E-state index contributed by atoms with van der Waals surface area (Å²) in [7, 11) is 0. The van der Waals surface area contributed by atoms with E-state index in [0.717, 1.165) is 19.2 Å². The minimum Gasteiger partial charge on any atom is -0.367 e. The Hall–Kier alpha value is -3.00. The number of nitrogens with one attached hydrogen (secondary N) is 3. The molecule has 0 radical (unpaired) electrons. The van der Waals surface area contributed by atoms with E-state index in [-0.39, 0.29) is 37.1 Å². The van der Waals surface area contributed by atoms with Gasteiger partial charge >= 0.3 is 6.18 Å². The normalized spacial score (nSPS) is 18.6. The molecule has 0 unspecified atom stereocenters. The lowest BCUT2D eigenvalue weighted by atomic mass is 10.1. The molecule has 1 atom stereocenters. The van der Waals surface area contributed by atoms with E-state index in [0.29, 0.717) is 49.1 Å². The number of hydrogen-bond acceptors (Lipinski definition) is 6. The van der Waals surface area contributed by atoms with Crippen LogP contribution in [0.15, 0.2) is 30.3 Å². The number of anilines is 2. The molecule has 0 saturated carbocycles. The van der Waals surface area contributed by atoms with E-state index in [1.54, 1.807) is 11.0 Å². The van der Waals surface area contributed by atoms with E-state index >= 15 is 4.39 Å². The molecular weight excluding hydrogens is 583 g/mol. The number of benzene rings is 2. The number of carbonyl (C=O) groups is 2. The first-order valence-electron chi connectivity index (χ1n) is 13.7. The molecule has 4 rings (SSSR count). The fraction of sp³-hybridized carbons (Fsp3) is 0.500. The van der Waals surface area contributed by atoms with E-state index < -0.39 is 35.7 Å². The highest BCUT2D eigenvalue weighted by molar-refractivity contribution is 6.31. The van der Waals surface area contributed by atoms with Crippen LogP contribution < -0.4 is 20.9 Å². The van der Waals surface area contributed by atoms with Crippen molar-refractivity contribution >= 4 is 34.8 Å². The Morgan fingerprint density at radius 2 is 1.79 bits per heavy atom. The molecule has 0 bridgehead atoms. The zero-order valence-corrected chi connectivity index (χ0v) is 23.9. The maximum Gasteiger partial charge on any atom is 0.390 e. The number of rotatable bonds is 9. The monoisotopic (exact) mass is 616 g/mol. The number of amides is 2. The third-order valence-electron chi connectivity index (χ3n) is 7.46. The van der Waals surface area contributed by atoms with Gasteiger partial charge in [-0.1, -0.05) is 17.7 Å². The van der Waals surface area contributed by atoms with Gasteiger partial charge in [0.1, 0.15) is 0 Å². The molecule has 42 heavy (non-hydrogen) atoms. The lowest BCUT2D eigenvalue weighted by molar-refractivity contribution is -0.139. The molecule has 2 amide bonds. The van der Waals surface area contributed by atoms with E-state index in [1.165, 1.54) is 18.2 Å². The van der Waals surface area contributed by atoms with Gasteiger partial charge in [0.2, 0.25) is 5.91 Å². The number of nitrogens with zero attached hydrogens (tertiary/aromatic N) is 3. The van der Waals surface area contributed by atoms with E-state index in [9.17, 15) is 27.2 Å². The van der Waals surface area contributed by atoms with Crippen molar-refractivity contribution in [3.8, 4) is 0 Å². The lowest BCUT2D eigenvalue weighted by Gasteiger charge is -2.41. The number of hydrogen-bond donors (Lipinski definition) is 3. The Balaban J connectivity index is 1.40. The van der Waals surface area contributed by atoms with E-state index in [2.05, 4.69) is 16.0 Å². The summed E-state index contributed by atoms with van der Waals surface area (Å²) in [6, 6.07) is 6.88. The summed E-state index contributed by atoms with van der Waals surface area (Å²) in [5.74, 6) is -3.78. The van der Waals surface area contributed by atoms with Gasteiger partial charge in [0.25, 0.3) is 5.91 Å². The van der Waals surface area contributed by atoms with Crippen LogP contribution in [-0.4, -0.2) is 92.7 Å². The predicted molar refractivity (Wildman–Crippen MR) is 151 cm³/mol. The van der Waals surface area contributed by atoms with Crippen molar-refractivity contribution < 1.29 is 31.5 Å². The summed E-state index contributed by atoms with van der Waals surface area (Å²) in [6.07, 6.45) is -5.15. The average Bonchev–Trinajstić information content (AvgIpc) is 2.94. The van der Waals surface area contributed by atoms with Crippen molar-refractivity contribution in [1.82, 2.24) is 20.4 Å². The smallest absolute Gasteiger partial charge is 0.367 e. The molecule has 2 aliphatic heterocycles. The third kappa shape index (κ3) is 8.52. The number of halogens is 6. The molecule has 2 aromatic carbocycles. The van der Waals surface area contributed by atoms with Crippen molar-refractivity contribution in [2.24, 2.45) is 0 Å². The van der Waals surface area contributed by atoms with Gasteiger partial charge in [0, 0.05) is 75.5 Å². The van der Waals surface area contributed by atoms with Crippen molar-refractivity contribution in [3.05, 3.63) is 58.1 Å². The molecule has 230 valence electrons. The number of alkyl halides is 3. The van der Waals surface area contributed by atoms with Gasteiger partial charge in [-0.05, 0) is 31.2 Å². The van der Waals surface area contributed by atoms with Crippen molar-refractivity contribution in [3.63, 3.8) is 0 Å². The van der Waals surface area contributed by atoms with Gasteiger partial charge in [0.15, 0.2) is 11.6 Å². The summed E-state index contributed by atoms with van der Waals surface area (Å²) in [5, 5.41) is 8.76. The topological polar surface area (TPSA) is 80.0 Å². The second-order valence-electron chi connectivity index (χ2n) is 10.5. The Morgan fingerprint density at radius 1 is 1.05 bits per heavy atom. The van der Waals surface area contributed by atoms with Crippen LogP contribution in [-0.2, 0) is 11.3 Å². The largest absolute Gasteiger partial charge is 0.390 e. The maximum absolute atomic E-state index is 15.0. The zero-order valence-electron chi connectivity index (χ0n) is 23.2. The van der Waals surface area contributed by atoms with Crippen LogP contribution in [0.2, 0.25) is 5.02 Å². The molecule has 2 aliphatic rings. The van der Waals surface area contributed by atoms with Crippen molar-refractivity contribution in [1.29, 1.82) is 0 Å². The quantitative estimate of drug-likeness (QED) is 0.372. The Morgan fingerprint density at radius 3 is 2.48 bits per heavy atom. The fourth-order valence-corrected chi connectivity index (χ4v) is 5.27. The maximum atomic E-state index is 15.0. The minimum atomic E-state index is -4.24. The summed E-state index contributed by atoms with van der Waals surface area (Å²) < 4.78 is 68.0. The fourth-order valence-electron chi connectivity index (χ4n) is 5.10. The van der Waals surface area contributed by atoms with Crippen LogP contribution in [0.5, 0.6) is 0 Å². The molecular formula is C28H34ClF5N6O2. The summed E-state index contributed by atoms with van der Waals surface area (Å²) in [4.78, 5) is 30.9. The molecule has 14 heteroatoms. The second-order valence-corrected chi connectivity index (χ2v) is 11.0. The SMILES string of the molecule is C[C@H]1CN(c2cc(Cl)ccc2NC(=O)c2ccc(CNC(=O)CN3CCNCC3)c(F)c2F)CCN1CCC(F)(F)F. The van der Waals surface area contributed by atoms with Gasteiger partial charge in [-0.2, -0.15) is 13.2 Å². The molecule has 2 fully saturated rings. The summed E-state index contributed by atoms with van der Waals surface area (Å²) in [5.41, 5.74) is 0.198. The van der Waals surface area contributed by atoms with E-state index in [1.807, 2.05) is 16.7 Å². The van der Waals surface area contributed by atoms with Gasteiger partial charge in [-0.25, -0.2) is 8.78 Å². The summed E-state index contributed by atoms with van der Waals surface area (Å²) >= 11 is 6.20. The van der Waals surface area contributed by atoms with Crippen LogP contribution in [0, 0.1) is 11.6 Å². The Labute approximate surface area is 246 Å². The highest BCUT2D eigenvalue weighted by Gasteiger charge is 2.32. The summed E-state index contributed by atoms with van der Waals surface area (Å²) in [6.45, 7) is 5.72. The molecule has 3 N–H and O–H groups in total. The number of piperazine rings is 2. The molecule has 2 saturated heterocycles. The van der Waals surface area contributed by atoms with Crippen LogP contribution in [0.3, 0.4) is 0 Å². The van der Waals surface area contributed by atoms with Crippen LogP contribution >= 0.6 is 11.6 Å².